The topological polar surface area (TPSA) is 100 Å². The summed E-state index contributed by atoms with van der Waals surface area (Å²) >= 11 is 0. The van der Waals surface area contributed by atoms with E-state index in [2.05, 4.69) is 25.7 Å². The second-order valence-electron chi connectivity index (χ2n) is 4.80. The maximum absolute atomic E-state index is 12.0. The normalized spacial score (nSPS) is 11.0. The first-order valence-corrected chi connectivity index (χ1v) is 6.92. The van der Waals surface area contributed by atoms with E-state index in [1.807, 2.05) is 6.07 Å². The molecule has 2 heterocycles. The minimum absolute atomic E-state index is 0.0155. The van der Waals surface area contributed by atoms with E-state index in [0.717, 1.165) is 5.56 Å². The van der Waals surface area contributed by atoms with Crippen molar-refractivity contribution < 1.29 is 4.79 Å². The van der Waals surface area contributed by atoms with Crippen LogP contribution in [0.4, 0.5) is 0 Å². The first-order valence-electron chi connectivity index (χ1n) is 6.92. The van der Waals surface area contributed by atoms with E-state index in [-0.39, 0.29) is 17.9 Å². The lowest BCUT2D eigenvalue weighted by Gasteiger charge is -2.03. The van der Waals surface area contributed by atoms with E-state index in [9.17, 15) is 9.59 Å². The third-order valence-corrected chi connectivity index (χ3v) is 3.19. The molecule has 0 aliphatic rings. The molecule has 0 saturated heterocycles. The van der Waals surface area contributed by atoms with Gasteiger partial charge in [-0.3, -0.25) is 14.6 Å². The quantitative estimate of drug-likeness (QED) is 0.555. The minimum atomic E-state index is -0.324. The number of aromatic amines is 1. The third-order valence-electron chi connectivity index (χ3n) is 3.19. The van der Waals surface area contributed by atoms with E-state index in [0.29, 0.717) is 16.5 Å². The van der Waals surface area contributed by atoms with Gasteiger partial charge in [0.25, 0.3) is 5.56 Å². The van der Waals surface area contributed by atoms with Crippen LogP contribution in [-0.2, 0) is 11.2 Å². The number of benzene rings is 1. The van der Waals surface area contributed by atoms with Gasteiger partial charge in [0.05, 0.1) is 23.7 Å². The van der Waals surface area contributed by atoms with E-state index in [1.54, 1.807) is 42.7 Å². The van der Waals surface area contributed by atoms with Gasteiger partial charge in [-0.2, -0.15) is 10.2 Å². The molecule has 0 saturated carbocycles. The lowest BCUT2D eigenvalue weighted by atomic mass is 10.1. The molecule has 1 aromatic carbocycles. The van der Waals surface area contributed by atoms with Gasteiger partial charge >= 0.3 is 0 Å². The molecule has 2 aromatic heterocycles. The van der Waals surface area contributed by atoms with Gasteiger partial charge in [-0.25, -0.2) is 10.5 Å². The summed E-state index contributed by atoms with van der Waals surface area (Å²) in [6.45, 7) is 0. The summed E-state index contributed by atoms with van der Waals surface area (Å²) in [5, 5.41) is 11.4. The number of aromatic nitrogens is 3. The Kier molecular flexibility index (Phi) is 4.19. The van der Waals surface area contributed by atoms with Crippen molar-refractivity contribution in [2.45, 2.75) is 6.42 Å². The van der Waals surface area contributed by atoms with Crippen LogP contribution >= 0.6 is 0 Å². The fourth-order valence-electron chi connectivity index (χ4n) is 2.13. The number of amides is 1. The van der Waals surface area contributed by atoms with Gasteiger partial charge in [-0.05, 0) is 12.1 Å². The molecule has 114 valence electrons. The van der Waals surface area contributed by atoms with Crippen LogP contribution in [-0.4, -0.2) is 27.3 Å². The van der Waals surface area contributed by atoms with Crippen molar-refractivity contribution in [2.24, 2.45) is 5.10 Å². The maximum Gasteiger partial charge on any atom is 0.272 e. The number of H-pyrrole nitrogens is 1. The Hall–Kier alpha value is -3.35. The van der Waals surface area contributed by atoms with Crippen molar-refractivity contribution >= 4 is 22.9 Å². The van der Waals surface area contributed by atoms with Gasteiger partial charge in [0.1, 0.15) is 0 Å². The van der Waals surface area contributed by atoms with Gasteiger partial charge in [0.15, 0.2) is 0 Å². The highest BCUT2D eigenvalue weighted by Crippen LogP contribution is 2.12. The molecule has 23 heavy (non-hydrogen) atoms. The number of hydrogen-bond acceptors (Lipinski definition) is 5. The van der Waals surface area contributed by atoms with Crippen LogP contribution < -0.4 is 11.0 Å². The van der Waals surface area contributed by atoms with Crippen molar-refractivity contribution in [3.05, 3.63) is 70.4 Å². The van der Waals surface area contributed by atoms with Crippen LogP contribution in [0.1, 0.15) is 11.3 Å². The van der Waals surface area contributed by atoms with Crippen LogP contribution in [0.5, 0.6) is 0 Å². The number of nitrogens with one attached hydrogen (secondary N) is 2. The molecule has 7 heteroatoms. The van der Waals surface area contributed by atoms with Crippen LogP contribution in [0.2, 0.25) is 0 Å². The zero-order chi connectivity index (χ0) is 16.1. The van der Waals surface area contributed by atoms with Gasteiger partial charge < -0.3 is 0 Å². The average Bonchev–Trinajstić information content (AvgIpc) is 2.59. The highest BCUT2D eigenvalue weighted by Gasteiger charge is 2.09. The Morgan fingerprint density at radius 2 is 2.04 bits per heavy atom. The fourth-order valence-corrected chi connectivity index (χ4v) is 2.13. The van der Waals surface area contributed by atoms with Crippen LogP contribution in [0, 0.1) is 0 Å². The first kappa shape index (κ1) is 14.6. The van der Waals surface area contributed by atoms with Crippen LogP contribution in [0.25, 0.3) is 10.8 Å². The molecule has 2 N–H and O–H groups in total. The molecule has 0 fully saturated rings. The fraction of sp³-hybridized carbons (Fsp3) is 0.0625. The summed E-state index contributed by atoms with van der Waals surface area (Å²) in [5.41, 5.74) is 3.42. The molecular formula is C16H13N5O2. The summed E-state index contributed by atoms with van der Waals surface area (Å²) in [5.74, 6) is -0.324. The molecule has 1 amide bonds. The van der Waals surface area contributed by atoms with Crippen LogP contribution in [0.15, 0.2) is 58.7 Å². The number of hydrogen-bond donors (Lipinski definition) is 2. The van der Waals surface area contributed by atoms with E-state index in [1.165, 1.54) is 6.21 Å². The largest absolute Gasteiger partial charge is 0.273 e. The zero-order valence-electron chi connectivity index (χ0n) is 12.1. The van der Waals surface area contributed by atoms with Crippen molar-refractivity contribution in [2.75, 3.05) is 0 Å². The Labute approximate surface area is 131 Å². The number of carbonyl (C=O) groups is 1. The molecule has 7 nitrogen and oxygen atoms in total. The lowest BCUT2D eigenvalue weighted by Crippen LogP contribution is -2.22. The first-order chi connectivity index (χ1) is 11.2. The van der Waals surface area contributed by atoms with E-state index in [4.69, 9.17) is 0 Å². The number of fused-ring (bicyclic) bond motifs is 1. The molecule has 0 unspecified atom stereocenters. The molecule has 0 aliphatic heterocycles. The van der Waals surface area contributed by atoms with Crippen molar-refractivity contribution in [3.63, 3.8) is 0 Å². The average molecular weight is 307 g/mol. The molecular weight excluding hydrogens is 294 g/mol. The Balaban J connectivity index is 1.72. The monoisotopic (exact) mass is 307 g/mol. The minimum Gasteiger partial charge on any atom is -0.273 e. The van der Waals surface area contributed by atoms with Crippen molar-refractivity contribution in [3.8, 4) is 0 Å². The van der Waals surface area contributed by atoms with E-state index >= 15 is 0 Å². The summed E-state index contributed by atoms with van der Waals surface area (Å²) in [6.07, 6.45) is 4.81. The lowest BCUT2D eigenvalue weighted by molar-refractivity contribution is -0.120. The standard InChI is InChI=1S/C16H13N5O2/c22-15(20-18-10-11-4-3-7-17-9-11)8-14-12-5-1-2-6-13(12)16(23)21-19-14/h1-7,9-10H,8H2,(H,20,22)(H,21,23)/b18-10+. The summed E-state index contributed by atoms with van der Waals surface area (Å²) in [6, 6.07) is 10.6. The third kappa shape index (κ3) is 3.46. The maximum atomic E-state index is 12.0. The molecule has 0 bridgehead atoms. The van der Waals surface area contributed by atoms with Gasteiger partial charge in [-0.15, -0.1) is 0 Å². The zero-order valence-corrected chi connectivity index (χ0v) is 12.1. The molecule has 3 rings (SSSR count). The predicted molar refractivity (Wildman–Crippen MR) is 86.0 cm³/mol. The molecule has 0 aliphatic carbocycles. The summed E-state index contributed by atoms with van der Waals surface area (Å²) < 4.78 is 0. The highest BCUT2D eigenvalue weighted by atomic mass is 16.2. The smallest absolute Gasteiger partial charge is 0.272 e. The Morgan fingerprint density at radius 3 is 2.83 bits per heavy atom. The number of nitrogens with zero attached hydrogens (tertiary/aromatic N) is 3. The summed E-state index contributed by atoms with van der Waals surface area (Å²) in [7, 11) is 0. The molecule has 0 radical (unpaired) electrons. The summed E-state index contributed by atoms with van der Waals surface area (Å²) in [4.78, 5) is 27.6. The predicted octanol–water partition coefficient (Wildman–Crippen LogP) is 1.01. The SMILES string of the molecule is O=C(Cc1n[nH]c(=O)c2ccccc12)N/N=C/c1cccnc1. The Bertz CT molecular complexity index is 918. The second-order valence-corrected chi connectivity index (χ2v) is 4.80. The number of carbonyl (C=O) groups excluding carboxylic acids is 1. The van der Waals surface area contributed by atoms with Gasteiger partial charge in [0.2, 0.25) is 5.91 Å². The van der Waals surface area contributed by atoms with Crippen molar-refractivity contribution in [1.29, 1.82) is 0 Å². The molecule has 0 atom stereocenters. The van der Waals surface area contributed by atoms with Gasteiger partial charge in [0, 0.05) is 23.3 Å². The van der Waals surface area contributed by atoms with Crippen molar-refractivity contribution in [1.82, 2.24) is 20.6 Å². The molecule has 0 spiro atoms. The van der Waals surface area contributed by atoms with E-state index < -0.39 is 0 Å². The van der Waals surface area contributed by atoms with Crippen LogP contribution in [0.3, 0.4) is 0 Å². The van der Waals surface area contributed by atoms with Gasteiger partial charge in [-0.1, -0.05) is 24.3 Å². The number of hydrazone groups is 1. The highest BCUT2D eigenvalue weighted by molar-refractivity contribution is 5.88. The number of rotatable bonds is 4. The Morgan fingerprint density at radius 1 is 1.22 bits per heavy atom. The second kappa shape index (κ2) is 6.61. The number of pyridine rings is 1. The molecule has 3 aromatic rings.